The van der Waals surface area contributed by atoms with E-state index in [4.69, 9.17) is 19.0 Å². The van der Waals surface area contributed by atoms with Gasteiger partial charge in [-0.2, -0.15) is 8.78 Å². The maximum Gasteiger partial charge on any atom is 0.408 e. The van der Waals surface area contributed by atoms with Crippen molar-refractivity contribution < 1.29 is 51.3 Å². The molecule has 2 fully saturated rings. The Morgan fingerprint density at radius 3 is 2.45 bits per heavy atom. The van der Waals surface area contributed by atoms with Crippen molar-refractivity contribution in [2.24, 2.45) is 5.92 Å². The number of carbonyl (C=O) groups excluding carboxylic acids is 2. The number of halogens is 3. The summed E-state index contributed by atoms with van der Waals surface area (Å²) in [4.78, 5) is 42.4. The number of ether oxygens (including phenoxy) is 3. The summed E-state index contributed by atoms with van der Waals surface area (Å²) in [6.07, 6.45) is -0.212. The topological polar surface area (TPSA) is 152 Å². The van der Waals surface area contributed by atoms with E-state index in [2.05, 4.69) is 20.4 Å². The van der Waals surface area contributed by atoms with Crippen LogP contribution in [0.25, 0.3) is 11.5 Å². The molecule has 242 valence electrons. The van der Waals surface area contributed by atoms with Gasteiger partial charge in [-0.05, 0) is 64.7 Å². The van der Waals surface area contributed by atoms with Gasteiger partial charge in [0.1, 0.15) is 11.3 Å². The standard InChI is InChI=1S/C29H37F3N4O8/c1-16(34-26(38)44-28(2,3)4)22-21(23(37)33-15-29(32)9-11-36(12-10-29)27(39)40)35-24(43-22)18-7-8-19(42-25(30)31)20(13-18)41-14-17-5-6-17/h7-8,13,16-17,25H,5-6,9-12,14-15H2,1-4H3,(H,33,37)(H,34,38)(H,39,40)/t16-/m0/s1. The van der Waals surface area contributed by atoms with Gasteiger partial charge in [-0.15, -0.1) is 0 Å². The number of amides is 3. The number of oxazole rings is 1. The number of benzene rings is 1. The Hall–Kier alpha value is -4.17. The summed E-state index contributed by atoms with van der Waals surface area (Å²) in [5.74, 6) is -0.785. The molecule has 1 aliphatic carbocycles. The Kier molecular flexibility index (Phi) is 9.84. The van der Waals surface area contributed by atoms with E-state index >= 15 is 4.39 Å². The van der Waals surface area contributed by atoms with Gasteiger partial charge in [0.25, 0.3) is 5.91 Å². The number of likely N-dealkylation sites (tertiary alicyclic amines) is 1. The summed E-state index contributed by atoms with van der Waals surface area (Å²) in [5, 5.41) is 14.2. The highest BCUT2D eigenvalue weighted by molar-refractivity contribution is 5.94. The number of piperidine rings is 1. The first-order valence-corrected chi connectivity index (χ1v) is 14.3. The smallest absolute Gasteiger partial charge is 0.408 e. The SMILES string of the molecule is C[C@H](NC(=O)OC(C)(C)C)c1oc(-c2ccc(OC(F)F)c(OCC3CC3)c2)nc1C(=O)NCC1(F)CCN(C(=O)O)CC1. The number of rotatable bonds is 11. The van der Waals surface area contributed by atoms with E-state index in [0.29, 0.717) is 12.5 Å². The van der Waals surface area contributed by atoms with Crippen molar-refractivity contribution in [2.75, 3.05) is 26.2 Å². The van der Waals surface area contributed by atoms with Crippen molar-refractivity contribution >= 4 is 18.1 Å². The molecule has 0 radical (unpaired) electrons. The van der Waals surface area contributed by atoms with Gasteiger partial charge in [0.15, 0.2) is 23.0 Å². The lowest BCUT2D eigenvalue weighted by atomic mass is 9.93. The number of hydrogen-bond donors (Lipinski definition) is 3. The molecule has 3 N–H and O–H groups in total. The third-order valence-electron chi connectivity index (χ3n) is 7.07. The Balaban J connectivity index is 1.59. The first kappa shape index (κ1) is 32.7. The third-order valence-corrected chi connectivity index (χ3v) is 7.07. The van der Waals surface area contributed by atoms with Gasteiger partial charge in [-0.25, -0.2) is 19.0 Å². The largest absolute Gasteiger partial charge is 0.489 e. The molecule has 12 nitrogen and oxygen atoms in total. The molecule has 15 heteroatoms. The molecule has 0 unspecified atom stereocenters. The van der Waals surface area contributed by atoms with Crippen molar-refractivity contribution in [3.8, 4) is 23.0 Å². The number of nitrogens with zero attached hydrogens (tertiary/aromatic N) is 2. The van der Waals surface area contributed by atoms with Crippen LogP contribution < -0.4 is 20.1 Å². The van der Waals surface area contributed by atoms with Gasteiger partial charge in [0.05, 0.1) is 19.2 Å². The van der Waals surface area contributed by atoms with E-state index in [1.807, 2.05) is 0 Å². The lowest BCUT2D eigenvalue weighted by molar-refractivity contribution is -0.0515. The van der Waals surface area contributed by atoms with Gasteiger partial charge < -0.3 is 39.3 Å². The van der Waals surface area contributed by atoms with Crippen LogP contribution in [0.4, 0.5) is 22.8 Å². The zero-order chi connectivity index (χ0) is 32.2. The minimum atomic E-state index is -3.08. The van der Waals surface area contributed by atoms with Crippen LogP contribution in [0.5, 0.6) is 11.5 Å². The fourth-order valence-electron chi connectivity index (χ4n) is 4.50. The second kappa shape index (κ2) is 13.2. The molecule has 1 aromatic heterocycles. The molecule has 1 aliphatic heterocycles. The van der Waals surface area contributed by atoms with Crippen molar-refractivity contribution in [3.63, 3.8) is 0 Å². The summed E-state index contributed by atoms with van der Waals surface area (Å²) in [6.45, 7) is 3.35. The normalized spacial score (nSPS) is 17.1. The van der Waals surface area contributed by atoms with Crippen LogP contribution in [0.1, 0.15) is 75.7 Å². The van der Waals surface area contributed by atoms with Crippen molar-refractivity contribution in [2.45, 2.75) is 77.3 Å². The average Bonchev–Trinajstić information content (AvgIpc) is 3.65. The molecule has 2 heterocycles. The molecule has 2 aromatic rings. The summed E-state index contributed by atoms with van der Waals surface area (Å²) in [6, 6.07) is 3.14. The summed E-state index contributed by atoms with van der Waals surface area (Å²) >= 11 is 0. The van der Waals surface area contributed by atoms with E-state index < -0.39 is 48.6 Å². The van der Waals surface area contributed by atoms with E-state index in [1.54, 1.807) is 20.8 Å². The van der Waals surface area contributed by atoms with Gasteiger partial charge in [-0.1, -0.05) is 0 Å². The van der Waals surface area contributed by atoms with Crippen LogP contribution in [0.15, 0.2) is 22.6 Å². The summed E-state index contributed by atoms with van der Waals surface area (Å²) in [7, 11) is 0. The highest BCUT2D eigenvalue weighted by Crippen LogP contribution is 2.37. The van der Waals surface area contributed by atoms with Crippen LogP contribution in [-0.2, 0) is 4.74 Å². The van der Waals surface area contributed by atoms with E-state index in [9.17, 15) is 23.2 Å². The van der Waals surface area contributed by atoms with Gasteiger partial charge >= 0.3 is 18.8 Å². The molecule has 3 amide bonds. The van der Waals surface area contributed by atoms with Crippen LogP contribution in [-0.4, -0.2) is 77.2 Å². The number of aromatic nitrogens is 1. The first-order valence-electron chi connectivity index (χ1n) is 14.3. The van der Waals surface area contributed by atoms with Crippen molar-refractivity contribution in [1.29, 1.82) is 0 Å². The van der Waals surface area contributed by atoms with Crippen molar-refractivity contribution in [1.82, 2.24) is 20.5 Å². The predicted molar refractivity (Wildman–Crippen MR) is 150 cm³/mol. The maximum absolute atomic E-state index is 15.4. The Morgan fingerprint density at radius 2 is 1.86 bits per heavy atom. The molecule has 2 aliphatic rings. The minimum Gasteiger partial charge on any atom is -0.489 e. The molecular weight excluding hydrogens is 589 g/mol. The van der Waals surface area contributed by atoms with Crippen LogP contribution >= 0.6 is 0 Å². The fourth-order valence-corrected chi connectivity index (χ4v) is 4.50. The maximum atomic E-state index is 15.4. The van der Waals surface area contributed by atoms with E-state index in [-0.39, 0.29) is 60.3 Å². The van der Waals surface area contributed by atoms with Crippen LogP contribution in [0.2, 0.25) is 0 Å². The predicted octanol–water partition coefficient (Wildman–Crippen LogP) is 5.53. The minimum absolute atomic E-state index is 0.0195. The fraction of sp³-hybridized carbons (Fsp3) is 0.586. The summed E-state index contributed by atoms with van der Waals surface area (Å²) < 4.78 is 63.0. The second-order valence-electron chi connectivity index (χ2n) is 12.0. The molecule has 0 spiro atoms. The highest BCUT2D eigenvalue weighted by Gasteiger charge is 2.37. The molecule has 1 saturated carbocycles. The highest BCUT2D eigenvalue weighted by atomic mass is 19.3. The molecule has 44 heavy (non-hydrogen) atoms. The average molecular weight is 627 g/mol. The zero-order valence-electron chi connectivity index (χ0n) is 25.0. The Labute approximate surface area is 252 Å². The monoisotopic (exact) mass is 626 g/mol. The Morgan fingerprint density at radius 1 is 1.18 bits per heavy atom. The molecule has 4 rings (SSSR count). The van der Waals surface area contributed by atoms with Gasteiger partial charge in [0, 0.05) is 31.5 Å². The number of hydrogen-bond acceptors (Lipinski definition) is 8. The zero-order valence-corrected chi connectivity index (χ0v) is 25.0. The van der Waals surface area contributed by atoms with Crippen LogP contribution in [0, 0.1) is 5.92 Å². The van der Waals surface area contributed by atoms with Crippen molar-refractivity contribution in [3.05, 3.63) is 29.7 Å². The van der Waals surface area contributed by atoms with E-state index in [0.717, 1.165) is 17.7 Å². The number of alkyl carbamates (subject to hydrolysis) is 1. The number of carboxylic acid groups (broad SMARTS) is 1. The lowest BCUT2D eigenvalue weighted by Crippen LogP contribution is -2.49. The van der Waals surface area contributed by atoms with Gasteiger partial charge in [0.2, 0.25) is 5.89 Å². The quantitative estimate of drug-likeness (QED) is 0.292. The molecule has 1 saturated heterocycles. The summed E-state index contributed by atoms with van der Waals surface area (Å²) in [5.41, 5.74) is -2.63. The molecule has 1 aromatic carbocycles. The van der Waals surface area contributed by atoms with Crippen LogP contribution in [0.3, 0.4) is 0 Å². The Bertz CT molecular complexity index is 1350. The second-order valence-corrected chi connectivity index (χ2v) is 12.0. The first-order chi connectivity index (χ1) is 20.6. The van der Waals surface area contributed by atoms with Gasteiger partial charge in [-0.3, -0.25) is 4.79 Å². The number of nitrogens with one attached hydrogen (secondary N) is 2. The van der Waals surface area contributed by atoms with E-state index in [1.165, 1.54) is 25.1 Å². The molecular formula is C29H37F3N4O8. The third kappa shape index (κ3) is 8.92. The lowest BCUT2D eigenvalue weighted by Gasteiger charge is -2.34. The number of carbonyl (C=O) groups is 3. The molecule has 1 atom stereocenters. The molecule has 0 bridgehead atoms. The number of alkyl halides is 3.